The van der Waals surface area contributed by atoms with Crippen molar-refractivity contribution in [2.45, 2.75) is 49.3 Å². The molecule has 0 bridgehead atoms. The molecule has 0 spiro atoms. The second kappa shape index (κ2) is 19.2. The van der Waals surface area contributed by atoms with Gasteiger partial charge >= 0.3 is 0 Å². The van der Waals surface area contributed by atoms with Gasteiger partial charge in [0.1, 0.15) is 35.9 Å². The van der Waals surface area contributed by atoms with Gasteiger partial charge in [0, 0.05) is 24.5 Å². The molecule has 2 aromatic heterocycles. The number of nitrogens with two attached hydrogens (primary N) is 2. The molecule has 2 heterocycles. The Bertz CT molecular complexity index is 2360. The van der Waals surface area contributed by atoms with E-state index >= 15 is 0 Å². The van der Waals surface area contributed by atoms with E-state index in [-0.39, 0.29) is 0 Å². The Kier molecular flexibility index (Phi) is 12.9. The molecule has 0 fully saturated rings. The molecule has 6 aromatic carbocycles. The molecular weight excluding hydrogens is 769 g/mol. The topological polar surface area (TPSA) is 137 Å². The Labute approximate surface area is 363 Å². The molecule has 0 saturated heterocycles. The van der Waals surface area contributed by atoms with E-state index in [2.05, 4.69) is 9.97 Å². The molecule has 310 valence electrons. The lowest BCUT2D eigenvalue weighted by molar-refractivity contribution is 0.0515. The van der Waals surface area contributed by atoms with Gasteiger partial charge in [0.25, 0.3) is 0 Å². The Morgan fingerprint density at radius 2 is 0.710 bits per heavy atom. The summed E-state index contributed by atoms with van der Waals surface area (Å²) in [7, 11) is 0. The summed E-state index contributed by atoms with van der Waals surface area (Å²) in [5.41, 5.74) is 19.2. The summed E-state index contributed by atoms with van der Waals surface area (Å²) in [6, 6.07) is 60.7. The van der Waals surface area contributed by atoms with Crippen molar-refractivity contribution in [2.75, 3.05) is 0 Å². The molecule has 8 rings (SSSR count). The molecule has 6 N–H and O–H groups in total. The molecule has 0 radical (unpaired) electrons. The lowest BCUT2D eigenvalue weighted by Crippen LogP contribution is -2.47. The Morgan fingerprint density at radius 1 is 0.403 bits per heavy atom. The first-order valence-electron chi connectivity index (χ1n) is 20.8. The van der Waals surface area contributed by atoms with Crippen molar-refractivity contribution in [3.05, 3.63) is 251 Å². The van der Waals surface area contributed by atoms with E-state index in [1.54, 1.807) is 12.4 Å². The van der Waals surface area contributed by atoms with Crippen LogP contribution in [0.25, 0.3) is 11.4 Å². The van der Waals surface area contributed by atoms with Gasteiger partial charge in [-0.2, -0.15) is 0 Å². The maximum Gasteiger partial charge on any atom is 0.130 e. The zero-order valence-electron chi connectivity index (χ0n) is 34.4. The molecule has 0 aliphatic heterocycles. The van der Waals surface area contributed by atoms with E-state index in [1.165, 1.54) is 0 Å². The summed E-state index contributed by atoms with van der Waals surface area (Å²) < 4.78 is 12.4. The SMILES string of the molecule is N[C@H](Cc1ccc(OCc2ccnc(-c3cc(COc4ccc(C[C@@H](N)C(O)(c5ccccc5)c5ccccc5)cc4)ccn3)c2)cc1)C(O)(c1ccccc1)c1ccccc1. The van der Waals surface area contributed by atoms with Crippen molar-refractivity contribution in [1.29, 1.82) is 0 Å². The lowest BCUT2D eigenvalue weighted by Gasteiger charge is -2.35. The second-order valence-electron chi connectivity index (χ2n) is 15.6. The normalized spacial score (nSPS) is 12.6. The van der Waals surface area contributed by atoms with Crippen LogP contribution in [-0.2, 0) is 37.3 Å². The highest BCUT2D eigenvalue weighted by Gasteiger charge is 2.39. The van der Waals surface area contributed by atoms with E-state index in [0.717, 1.165) is 67.4 Å². The van der Waals surface area contributed by atoms with Gasteiger partial charge in [-0.15, -0.1) is 0 Å². The van der Waals surface area contributed by atoms with E-state index in [0.29, 0.717) is 26.1 Å². The lowest BCUT2D eigenvalue weighted by atomic mass is 9.78. The van der Waals surface area contributed by atoms with Crippen LogP contribution < -0.4 is 20.9 Å². The number of nitrogens with zero attached hydrogens (tertiary/aromatic N) is 2. The molecule has 8 heteroatoms. The minimum absolute atomic E-state index is 0.345. The van der Waals surface area contributed by atoms with Crippen molar-refractivity contribution in [3.8, 4) is 22.9 Å². The molecule has 8 aromatic rings. The highest BCUT2D eigenvalue weighted by Crippen LogP contribution is 2.35. The van der Waals surface area contributed by atoms with Gasteiger partial charge < -0.3 is 31.2 Å². The van der Waals surface area contributed by atoms with Gasteiger partial charge in [-0.05, 0) is 106 Å². The number of hydrogen-bond acceptors (Lipinski definition) is 8. The number of aliphatic hydroxyl groups is 2. The van der Waals surface area contributed by atoms with Crippen LogP contribution in [0.15, 0.2) is 207 Å². The summed E-state index contributed by atoms with van der Waals surface area (Å²) >= 11 is 0. The quantitative estimate of drug-likeness (QED) is 0.0716. The highest BCUT2D eigenvalue weighted by atomic mass is 16.5. The van der Waals surface area contributed by atoms with Gasteiger partial charge in [-0.3, -0.25) is 9.97 Å². The van der Waals surface area contributed by atoms with Crippen molar-refractivity contribution < 1.29 is 19.7 Å². The number of benzene rings is 6. The van der Waals surface area contributed by atoms with Crippen molar-refractivity contribution >= 4 is 0 Å². The fourth-order valence-corrected chi connectivity index (χ4v) is 7.95. The zero-order chi connectivity index (χ0) is 42.8. The summed E-state index contributed by atoms with van der Waals surface area (Å²) in [6.07, 6.45) is 4.45. The Hall–Kier alpha value is -6.94. The standard InChI is InChI=1S/C54H50N4O4/c55-51(53(59,43-13-5-1-6-14-43)44-15-7-2-8-16-44)35-39-21-25-47(26-22-39)61-37-41-29-31-57-49(33-41)50-34-42(30-32-58-50)38-62-48-27-23-40(24-28-48)36-52(56)54(60,45-17-9-3-10-18-45)46-19-11-4-12-20-46/h1-34,51-52,59-60H,35-38,55-56H2/t51-,52-/m1/s1. The Balaban J connectivity index is 0.860. The Morgan fingerprint density at radius 3 is 1.02 bits per heavy atom. The summed E-state index contributed by atoms with van der Waals surface area (Å²) in [5, 5.41) is 24.1. The van der Waals surface area contributed by atoms with Crippen LogP contribution in [0.3, 0.4) is 0 Å². The van der Waals surface area contributed by atoms with E-state index in [1.807, 2.05) is 194 Å². The summed E-state index contributed by atoms with van der Waals surface area (Å²) in [4.78, 5) is 9.19. The van der Waals surface area contributed by atoms with Gasteiger partial charge in [0.05, 0.1) is 11.4 Å². The van der Waals surface area contributed by atoms with Crippen LogP contribution >= 0.6 is 0 Å². The largest absolute Gasteiger partial charge is 0.489 e. The molecule has 2 atom stereocenters. The van der Waals surface area contributed by atoms with E-state index in [9.17, 15) is 10.2 Å². The van der Waals surface area contributed by atoms with Crippen LogP contribution in [-0.4, -0.2) is 32.3 Å². The molecule has 0 amide bonds. The predicted molar refractivity (Wildman–Crippen MR) is 244 cm³/mol. The number of aromatic nitrogens is 2. The van der Waals surface area contributed by atoms with Gasteiger partial charge in [-0.1, -0.05) is 146 Å². The smallest absolute Gasteiger partial charge is 0.130 e. The highest BCUT2D eigenvalue weighted by molar-refractivity contribution is 5.55. The van der Waals surface area contributed by atoms with Gasteiger partial charge in [-0.25, -0.2) is 0 Å². The number of pyridine rings is 2. The molecule has 0 unspecified atom stereocenters. The monoisotopic (exact) mass is 818 g/mol. The van der Waals surface area contributed by atoms with Crippen LogP contribution in [0, 0.1) is 0 Å². The summed E-state index contributed by atoms with van der Waals surface area (Å²) in [6.45, 7) is 0.690. The first kappa shape index (κ1) is 41.8. The fourth-order valence-electron chi connectivity index (χ4n) is 7.95. The minimum atomic E-state index is -1.36. The number of hydrogen-bond donors (Lipinski definition) is 4. The van der Waals surface area contributed by atoms with Crippen LogP contribution in [0.2, 0.25) is 0 Å². The molecule has 62 heavy (non-hydrogen) atoms. The van der Waals surface area contributed by atoms with Crippen molar-refractivity contribution in [3.63, 3.8) is 0 Å². The minimum Gasteiger partial charge on any atom is -0.489 e. The second-order valence-corrected chi connectivity index (χ2v) is 15.6. The summed E-state index contributed by atoms with van der Waals surface area (Å²) in [5.74, 6) is 1.44. The average molecular weight is 819 g/mol. The molecule has 0 saturated carbocycles. The third-order valence-corrected chi connectivity index (χ3v) is 11.4. The first-order valence-corrected chi connectivity index (χ1v) is 20.8. The van der Waals surface area contributed by atoms with E-state index in [4.69, 9.17) is 20.9 Å². The third-order valence-electron chi connectivity index (χ3n) is 11.4. The van der Waals surface area contributed by atoms with Crippen LogP contribution in [0.4, 0.5) is 0 Å². The average Bonchev–Trinajstić information content (AvgIpc) is 3.34. The van der Waals surface area contributed by atoms with Crippen LogP contribution in [0.5, 0.6) is 11.5 Å². The van der Waals surface area contributed by atoms with Gasteiger partial charge in [0.15, 0.2) is 0 Å². The van der Waals surface area contributed by atoms with Gasteiger partial charge in [0.2, 0.25) is 0 Å². The molecular formula is C54H50N4O4. The molecule has 0 aliphatic carbocycles. The maximum atomic E-state index is 12.1. The van der Waals surface area contributed by atoms with Crippen molar-refractivity contribution in [2.24, 2.45) is 11.5 Å². The first-order chi connectivity index (χ1) is 30.3. The zero-order valence-corrected chi connectivity index (χ0v) is 34.4. The van der Waals surface area contributed by atoms with Crippen LogP contribution in [0.1, 0.15) is 44.5 Å². The van der Waals surface area contributed by atoms with E-state index < -0.39 is 23.3 Å². The predicted octanol–water partition coefficient (Wildman–Crippen LogP) is 8.91. The molecule has 8 nitrogen and oxygen atoms in total. The van der Waals surface area contributed by atoms with Crippen molar-refractivity contribution in [1.82, 2.24) is 9.97 Å². The third kappa shape index (κ3) is 9.50. The number of ether oxygens (including phenoxy) is 2. The molecule has 0 aliphatic rings. The maximum absolute atomic E-state index is 12.1. The number of rotatable bonds is 17. The fraction of sp³-hybridized carbons (Fsp3) is 0.148.